The number of nitrogens with one attached hydrogen (secondary N) is 1. The fourth-order valence-electron chi connectivity index (χ4n) is 1.86. The minimum atomic E-state index is -0.608. The number of aryl methyl sites for hydroxylation is 2. The molecule has 2 rings (SSSR count). The van der Waals surface area contributed by atoms with Gasteiger partial charge in [-0.1, -0.05) is 0 Å². The van der Waals surface area contributed by atoms with Crippen molar-refractivity contribution in [1.29, 1.82) is 0 Å². The van der Waals surface area contributed by atoms with Gasteiger partial charge >= 0.3 is 5.69 Å². The third-order valence-corrected chi connectivity index (χ3v) is 2.80. The van der Waals surface area contributed by atoms with Gasteiger partial charge in [-0.25, -0.2) is 4.79 Å². The summed E-state index contributed by atoms with van der Waals surface area (Å²) in [5, 5.41) is 13.2. The molecule has 0 bridgehead atoms. The Morgan fingerprint density at radius 3 is 2.33 bits per heavy atom. The first-order valence-electron chi connectivity index (χ1n) is 5.01. The molecule has 0 aliphatic rings. The Hall–Kier alpha value is -2.64. The van der Waals surface area contributed by atoms with Gasteiger partial charge in [0.1, 0.15) is 5.69 Å². The number of fused-ring (bicyclic) bond motifs is 1. The fourth-order valence-corrected chi connectivity index (χ4v) is 1.86. The smallest absolute Gasteiger partial charge is 0.323 e. The van der Waals surface area contributed by atoms with Gasteiger partial charge in [-0.15, -0.1) is 0 Å². The number of nitro benzene ring substituents is 1. The molecule has 0 aliphatic heterocycles. The highest BCUT2D eigenvalue weighted by molar-refractivity contribution is 5.89. The van der Waals surface area contributed by atoms with E-state index >= 15 is 0 Å². The molecule has 0 saturated carbocycles. The average molecular weight is 250 g/mol. The number of anilines is 1. The summed E-state index contributed by atoms with van der Waals surface area (Å²) in [6.07, 6.45) is 0.356. The molecule has 0 unspecified atom stereocenters. The molecule has 1 heterocycles. The summed E-state index contributed by atoms with van der Waals surface area (Å²) in [4.78, 5) is 32.4. The van der Waals surface area contributed by atoms with E-state index in [0.717, 1.165) is 0 Å². The number of carbonyl (C=O) groups is 1. The molecule has 0 radical (unpaired) electrons. The van der Waals surface area contributed by atoms with E-state index < -0.39 is 4.92 Å². The number of nitro groups is 1. The zero-order valence-electron chi connectivity index (χ0n) is 9.71. The molecule has 1 N–H and O–H groups in total. The Bertz CT molecular complexity index is 713. The standard InChI is InChI=1S/C10H10N4O4/c1-12-8-3-6(11-5-15)7(14(17)18)4-9(8)13(2)10(12)16/h3-5H,1-2H3,(H,11,15). The van der Waals surface area contributed by atoms with Gasteiger partial charge in [0.2, 0.25) is 6.41 Å². The number of benzene rings is 1. The van der Waals surface area contributed by atoms with Crippen LogP contribution in [-0.2, 0) is 18.9 Å². The Morgan fingerprint density at radius 1 is 1.28 bits per heavy atom. The number of rotatable bonds is 3. The third-order valence-electron chi connectivity index (χ3n) is 2.80. The monoisotopic (exact) mass is 250 g/mol. The van der Waals surface area contributed by atoms with Crippen molar-refractivity contribution in [1.82, 2.24) is 9.13 Å². The van der Waals surface area contributed by atoms with E-state index in [4.69, 9.17) is 0 Å². The van der Waals surface area contributed by atoms with E-state index in [1.54, 1.807) is 7.05 Å². The number of hydrogen-bond donors (Lipinski definition) is 1. The summed E-state index contributed by atoms with van der Waals surface area (Å²) in [5.74, 6) is 0. The minimum absolute atomic E-state index is 0.0590. The van der Waals surface area contributed by atoms with Crippen LogP contribution in [0.3, 0.4) is 0 Å². The van der Waals surface area contributed by atoms with Crippen molar-refractivity contribution in [3.8, 4) is 0 Å². The van der Waals surface area contributed by atoms with Crippen LogP contribution in [-0.4, -0.2) is 20.5 Å². The van der Waals surface area contributed by atoms with Gasteiger partial charge in [0, 0.05) is 20.2 Å². The molecule has 0 aliphatic carbocycles. The van der Waals surface area contributed by atoms with Crippen LogP contribution < -0.4 is 11.0 Å². The Morgan fingerprint density at radius 2 is 1.83 bits per heavy atom. The van der Waals surface area contributed by atoms with Crippen molar-refractivity contribution in [2.45, 2.75) is 0 Å². The zero-order valence-corrected chi connectivity index (χ0v) is 9.71. The van der Waals surface area contributed by atoms with E-state index in [1.165, 1.54) is 28.3 Å². The third kappa shape index (κ3) is 1.54. The van der Waals surface area contributed by atoms with Gasteiger partial charge in [0.25, 0.3) is 5.69 Å². The molecule has 94 valence electrons. The minimum Gasteiger partial charge on any atom is -0.323 e. The maximum atomic E-state index is 11.7. The van der Waals surface area contributed by atoms with E-state index in [1.807, 2.05) is 0 Å². The second kappa shape index (κ2) is 3.99. The van der Waals surface area contributed by atoms with E-state index in [9.17, 15) is 19.7 Å². The zero-order chi connectivity index (χ0) is 13.4. The van der Waals surface area contributed by atoms with Crippen molar-refractivity contribution >= 4 is 28.8 Å². The molecule has 0 fully saturated rings. The first-order valence-corrected chi connectivity index (χ1v) is 5.01. The van der Waals surface area contributed by atoms with Crippen molar-refractivity contribution in [2.75, 3.05) is 5.32 Å². The van der Waals surface area contributed by atoms with Crippen LogP contribution in [0.4, 0.5) is 11.4 Å². The van der Waals surface area contributed by atoms with Crippen LogP contribution in [0.15, 0.2) is 16.9 Å². The summed E-state index contributed by atoms with van der Waals surface area (Å²) in [7, 11) is 3.09. The highest BCUT2D eigenvalue weighted by atomic mass is 16.6. The first-order chi connectivity index (χ1) is 8.47. The second-order valence-electron chi connectivity index (χ2n) is 3.78. The molecular weight excluding hydrogens is 240 g/mol. The predicted octanol–water partition coefficient (Wildman–Crippen LogP) is 0.353. The Kier molecular flexibility index (Phi) is 2.62. The van der Waals surface area contributed by atoms with Crippen LogP contribution in [0.5, 0.6) is 0 Å². The number of amides is 1. The quantitative estimate of drug-likeness (QED) is 0.482. The highest BCUT2D eigenvalue weighted by Crippen LogP contribution is 2.28. The molecule has 1 amide bonds. The van der Waals surface area contributed by atoms with Gasteiger partial charge in [-0.05, 0) is 6.07 Å². The summed E-state index contributed by atoms with van der Waals surface area (Å²) in [6, 6.07) is 2.67. The van der Waals surface area contributed by atoms with Crippen molar-refractivity contribution in [2.24, 2.45) is 14.1 Å². The highest BCUT2D eigenvalue weighted by Gasteiger charge is 2.18. The molecule has 8 heteroatoms. The van der Waals surface area contributed by atoms with Crippen molar-refractivity contribution < 1.29 is 9.72 Å². The molecule has 1 aromatic heterocycles. The van der Waals surface area contributed by atoms with Gasteiger partial charge in [0.05, 0.1) is 16.0 Å². The lowest BCUT2D eigenvalue weighted by Crippen LogP contribution is -2.19. The van der Waals surface area contributed by atoms with E-state index in [2.05, 4.69) is 5.32 Å². The fraction of sp³-hybridized carbons (Fsp3) is 0.200. The molecule has 8 nitrogen and oxygen atoms in total. The van der Waals surface area contributed by atoms with Crippen LogP contribution in [0, 0.1) is 10.1 Å². The van der Waals surface area contributed by atoms with Crippen LogP contribution >= 0.6 is 0 Å². The first kappa shape index (κ1) is 11.8. The molecule has 0 saturated heterocycles. The van der Waals surface area contributed by atoms with Crippen molar-refractivity contribution in [3.63, 3.8) is 0 Å². The Labute approximate surface area is 101 Å². The number of aromatic nitrogens is 2. The molecular formula is C10H10N4O4. The van der Waals surface area contributed by atoms with Crippen LogP contribution in [0.1, 0.15) is 0 Å². The largest absolute Gasteiger partial charge is 0.328 e. The topological polar surface area (TPSA) is 99.2 Å². The normalized spacial score (nSPS) is 10.6. The van der Waals surface area contributed by atoms with E-state index in [0.29, 0.717) is 17.4 Å². The van der Waals surface area contributed by atoms with Crippen molar-refractivity contribution in [3.05, 3.63) is 32.7 Å². The number of hydrogen-bond acceptors (Lipinski definition) is 4. The van der Waals surface area contributed by atoms with Gasteiger partial charge < -0.3 is 5.32 Å². The summed E-state index contributed by atoms with van der Waals surface area (Å²) < 4.78 is 2.67. The number of carbonyl (C=O) groups excluding carboxylic acids is 1. The molecule has 18 heavy (non-hydrogen) atoms. The summed E-state index contributed by atoms with van der Waals surface area (Å²) in [6.45, 7) is 0. The van der Waals surface area contributed by atoms with Gasteiger partial charge in [0.15, 0.2) is 0 Å². The van der Waals surface area contributed by atoms with Gasteiger partial charge in [-0.3, -0.25) is 24.0 Å². The maximum absolute atomic E-state index is 11.7. The van der Waals surface area contributed by atoms with Gasteiger partial charge in [-0.2, -0.15) is 0 Å². The average Bonchev–Trinajstić information content (AvgIpc) is 2.54. The van der Waals surface area contributed by atoms with Crippen LogP contribution in [0.2, 0.25) is 0 Å². The molecule has 0 atom stereocenters. The molecule has 0 spiro atoms. The molecule has 2 aromatic rings. The summed E-state index contributed by atoms with van der Waals surface area (Å²) >= 11 is 0. The van der Waals surface area contributed by atoms with Crippen LogP contribution in [0.25, 0.3) is 11.0 Å². The predicted molar refractivity (Wildman–Crippen MR) is 64.5 cm³/mol. The SMILES string of the molecule is Cn1c(=O)n(C)c2cc([N+](=O)[O-])c(NC=O)cc21. The van der Waals surface area contributed by atoms with E-state index in [-0.39, 0.29) is 17.1 Å². The second-order valence-corrected chi connectivity index (χ2v) is 3.78. The number of nitrogens with zero attached hydrogens (tertiary/aromatic N) is 3. The number of imidazole rings is 1. The molecule has 1 aromatic carbocycles. The summed E-state index contributed by atoms with van der Waals surface area (Å²) in [5.41, 5.74) is 0.463. The maximum Gasteiger partial charge on any atom is 0.328 e. The lowest BCUT2D eigenvalue weighted by molar-refractivity contribution is -0.383. The lowest BCUT2D eigenvalue weighted by atomic mass is 10.2. The lowest BCUT2D eigenvalue weighted by Gasteiger charge is -2.02. The Balaban J connectivity index is 2.89.